The summed E-state index contributed by atoms with van der Waals surface area (Å²) >= 11 is 1.23. The summed E-state index contributed by atoms with van der Waals surface area (Å²) in [6.07, 6.45) is 0.505. The van der Waals surface area contributed by atoms with Crippen molar-refractivity contribution in [1.29, 1.82) is 0 Å². The van der Waals surface area contributed by atoms with Crippen molar-refractivity contribution in [2.24, 2.45) is 28.1 Å². The molecule has 3 amide bonds. The zero-order valence-electron chi connectivity index (χ0n) is 24.0. The Morgan fingerprint density at radius 2 is 1.60 bits per heavy atom. The molecule has 0 spiro atoms. The molecular formula is C30H37N7O5S. The minimum absolute atomic E-state index is 0.0108. The predicted octanol–water partition coefficient (Wildman–Crippen LogP) is 1.61. The van der Waals surface area contributed by atoms with Gasteiger partial charge in [-0.05, 0) is 43.4 Å². The van der Waals surface area contributed by atoms with Crippen LogP contribution < -0.4 is 27.8 Å². The Labute approximate surface area is 253 Å². The van der Waals surface area contributed by atoms with Gasteiger partial charge in [0.05, 0.1) is 22.3 Å². The third-order valence-electron chi connectivity index (χ3n) is 6.67. The van der Waals surface area contributed by atoms with Gasteiger partial charge in [0.25, 0.3) is 0 Å². The molecule has 0 bridgehead atoms. The molecule has 2 aromatic carbocycles. The Morgan fingerprint density at radius 1 is 0.907 bits per heavy atom. The molecule has 3 rings (SSSR count). The van der Waals surface area contributed by atoms with Crippen LogP contribution in [0.2, 0.25) is 0 Å². The van der Waals surface area contributed by atoms with Crippen molar-refractivity contribution in [3.8, 4) is 0 Å². The first-order valence-corrected chi connectivity index (χ1v) is 14.7. The highest BCUT2D eigenvalue weighted by Gasteiger charge is 2.31. The van der Waals surface area contributed by atoms with Crippen molar-refractivity contribution < 1.29 is 24.0 Å². The number of hydrogen-bond donors (Lipinski definition) is 5. The monoisotopic (exact) mass is 607 g/mol. The number of amides is 3. The van der Waals surface area contributed by atoms with Crippen LogP contribution in [0.4, 0.5) is 0 Å². The van der Waals surface area contributed by atoms with Crippen molar-refractivity contribution in [2.45, 2.75) is 57.5 Å². The number of rotatable bonds is 17. The zero-order chi connectivity index (χ0) is 31.4. The molecule has 8 N–H and O–H groups in total. The van der Waals surface area contributed by atoms with Gasteiger partial charge in [0.1, 0.15) is 0 Å². The van der Waals surface area contributed by atoms with E-state index in [1.165, 1.54) is 18.3 Å². The van der Waals surface area contributed by atoms with Crippen LogP contribution in [-0.2, 0) is 25.6 Å². The van der Waals surface area contributed by atoms with Crippen molar-refractivity contribution in [2.75, 3.05) is 6.54 Å². The van der Waals surface area contributed by atoms with E-state index in [4.69, 9.17) is 17.2 Å². The minimum Gasteiger partial charge on any atom is -0.370 e. The Balaban J connectivity index is 1.86. The average molecular weight is 608 g/mol. The topological polar surface area (TPSA) is 213 Å². The molecule has 12 nitrogen and oxygen atoms in total. The number of aliphatic imine (C=N–C) groups is 1. The molecule has 3 atom stereocenters. The maximum Gasteiger partial charge on any atom is 0.224 e. The molecule has 228 valence electrons. The number of fused-ring (bicyclic) bond motifs is 1. The Bertz CT molecular complexity index is 1440. The number of carbonyl (C=O) groups is 5. The summed E-state index contributed by atoms with van der Waals surface area (Å²) in [5.74, 6) is -3.30. The Morgan fingerprint density at radius 3 is 2.26 bits per heavy atom. The normalized spacial score (nSPS) is 13.0. The van der Waals surface area contributed by atoms with Crippen LogP contribution in [0, 0.1) is 5.92 Å². The Hall–Kier alpha value is -4.65. The zero-order valence-corrected chi connectivity index (χ0v) is 24.8. The third-order valence-corrected chi connectivity index (χ3v) is 7.72. The van der Waals surface area contributed by atoms with Gasteiger partial charge in [-0.1, -0.05) is 42.5 Å². The molecule has 3 aromatic rings. The number of nitrogens with two attached hydrogens (primary N) is 3. The highest BCUT2D eigenvalue weighted by molar-refractivity contribution is 7.20. The van der Waals surface area contributed by atoms with Gasteiger partial charge in [-0.25, -0.2) is 4.98 Å². The van der Waals surface area contributed by atoms with E-state index in [1.807, 2.05) is 48.5 Å². The fraction of sp³-hybridized carbons (Fsp3) is 0.367. The largest absolute Gasteiger partial charge is 0.370 e. The number of carbonyl (C=O) groups excluding carboxylic acids is 5. The van der Waals surface area contributed by atoms with Crippen molar-refractivity contribution in [3.05, 3.63) is 65.2 Å². The lowest BCUT2D eigenvalue weighted by Gasteiger charge is -2.23. The van der Waals surface area contributed by atoms with E-state index in [9.17, 15) is 24.0 Å². The second kappa shape index (κ2) is 16.1. The molecule has 0 fully saturated rings. The molecule has 1 heterocycles. The van der Waals surface area contributed by atoms with Crippen molar-refractivity contribution in [1.82, 2.24) is 15.6 Å². The maximum atomic E-state index is 13.8. The first-order chi connectivity index (χ1) is 20.5. The van der Waals surface area contributed by atoms with Crippen LogP contribution >= 0.6 is 11.3 Å². The van der Waals surface area contributed by atoms with E-state index in [1.54, 1.807) is 6.07 Å². The quantitative estimate of drug-likeness (QED) is 0.0656. The van der Waals surface area contributed by atoms with E-state index in [0.29, 0.717) is 11.9 Å². The number of thiazole rings is 1. The minimum atomic E-state index is -0.990. The van der Waals surface area contributed by atoms with E-state index >= 15 is 0 Å². The van der Waals surface area contributed by atoms with E-state index in [0.717, 1.165) is 10.3 Å². The second-order valence-electron chi connectivity index (χ2n) is 10.2. The summed E-state index contributed by atoms with van der Waals surface area (Å²) in [5.41, 5.74) is 17.6. The first kappa shape index (κ1) is 32.9. The molecule has 1 unspecified atom stereocenters. The lowest BCUT2D eigenvalue weighted by atomic mass is 9.89. The van der Waals surface area contributed by atoms with Crippen LogP contribution in [0.1, 0.15) is 54.4 Å². The fourth-order valence-corrected chi connectivity index (χ4v) is 5.54. The molecule has 0 aliphatic heterocycles. The molecule has 1 aromatic heterocycles. The van der Waals surface area contributed by atoms with Gasteiger partial charge in [0, 0.05) is 32.2 Å². The molecule has 0 aliphatic rings. The van der Waals surface area contributed by atoms with Crippen LogP contribution in [0.25, 0.3) is 10.2 Å². The van der Waals surface area contributed by atoms with E-state index in [-0.39, 0.29) is 55.4 Å². The second-order valence-corrected chi connectivity index (χ2v) is 11.2. The number of aromatic nitrogens is 1. The summed E-state index contributed by atoms with van der Waals surface area (Å²) < 4.78 is 0.837. The SMILES string of the molecule is CC(=O)N[C@@H](CCC(N)=O)C(=O)C[C@@H](Cc1ccccc1)C(=O)NC(CCCN=C(N)N)C(=O)c1nc2ccccc2s1. The summed E-state index contributed by atoms with van der Waals surface area (Å²) in [4.78, 5) is 72.4. The highest BCUT2D eigenvalue weighted by atomic mass is 32.1. The molecular weight excluding hydrogens is 570 g/mol. The van der Waals surface area contributed by atoms with Gasteiger partial charge in [0.2, 0.25) is 23.5 Å². The average Bonchev–Trinajstić information content (AvgIpc) is 3.40. The molecule has 13 heteroatoms. The fourth-order valence-electron chi connectivity index (χ4n) is 4.58. The number of benzene rings is 2. The summed E-state index contributed by atoms with van der Waals surface area (Å²) in [5, 5.41) is 5.67. The number of para-hydroxylation sites is 1. The van der Waals surface area contributed by atoms with Gasteiger partial charge in [-0.2, -0.15) is 0 Å². The first-order valence-electron chi connectivity index (χ1n) is 13.9. The van der Waals surface area contributed by atoms with Gasteiger partial charge >= 0.3 is 0 Å². The standard InChI is InChI=1S/C30H37N7O5S/c1-18(38)35-21(13-14-26(31)40)24(39)17-20(16-19-8-3-2-4-9-19)28(42)36-23(11-7-15-34-30(32)33)27(41)29-37-22-10-5-6-12-25(22)43-29/h2-6,8-10,12,20-21,23H,7,11,13-17H2,1H3,(H2,31,40)(H,35,38)(H,36,42)(H4,32,33,34)/t20-,21+,23?/m1/s1. The highest BCUT2D eigenvalue weighted by Crippen LogP contribution is 2.24. The molecule has 0 saturated heterocycles. The number of nitrogens with zero attached hydrogens (tertiary/aromatic N) is 2. The third kappa shape index (κ3) is 10.6. The maximum absolute atomic E-state index is 13.8. The summed E-state index contributed by atoms with van der Waals surface area (Å²) in [7, 11) is 0. The van der Waals surface area contributed by atoms with Crippen molar-refractivity contribution in [3.63, 3.8) is 0 Å². The van der Waals surface area contributed by atoms with Gasteiger partial charge in [0.15, 0.2) is 16.8 Å². The molecule has 0 radical (unpaired) electrons. The molecule has 43 heavy (non-hydrogen) atoms. The Kier molecular flexibility index (Phi) is 12.3. The molecule has 0 aliphatic carbocycles. The van der Waals surface area contributed by atoms with Crippen LogP contribution in [0.3, 0.4) is 0 Å². The van der Waals surface area contributed by atoms with Crippen LogP contribution in [0.15, 0.2) is 59.6 Å². The van der Waals surface area contributed by atoms with E-state index < -0.39 is 41.5 Å². The van der Waals surface area contributed by atoms with Crippen LogP contribution in [0.5, 0.6) is 0 Å². The predicted molar refractivity (Wildman–Crippen MR) is 165 cm³/mol. The van der Waals surface area contributed by atoms with Crippen LogP contribution in [-0.4, -0.2) is 58.9 Å². The van der Waals surface area contributed by atoms with Gasteiger partial charge in [-0.3, -0.25) is 29.0 Å². The number of nitrogens with one attached hydrogen (secondary N) is 2. The number of ketones is 2. The summed E-state index contributed by atoms with van der Waals surface area (Å²) in [6, 6.07) is 14.6. The smallest absolute Gasteiger partial charge is 0.224 e. The number of hydrogen-bond acceptors (Lipinski definition) is 8. The number of primary amides is 1. The summed E-state index contributed by atoms with van der Waals surface area (Å²) in [6.45, 7) is 1.52. The van der Waals surface area contributed by atoms with Gasteiger partial charge in [-0.15, -0.1) is 11.3 Å². The lowest BCUT2D eigenvalue weighted by Crippen LogP contribution is -2.46. The molecule has 0 saturated carbocycles. The van der Waals surface area contributed by atoms with Crippen molar-refractivity contribution >= 4 is 56.8 Å². The van der Waals surface area contributed by atoms with Gasteiger partial charge < -0.3 is 27.8 Å². The number of Topliss-reactive ketones (excluding diaryl/α,β-unsaturated/α-hetero) is 2. The lowest BCUT2D eigenvalue weighted by molar-refractivity contribution is -0.132. The van der Waals surface area contributed by atoms with E-state index in [2.05, 4.69) is 20.6 Å². The number of guanidine groups is 1.